The van der Waals surface area contributed by atoms with Crippen molar-refractivity contribution in [3.8, 4) is 0 Å². The summed E-state index contributed by atoms with van der Waals surface area (Å²) in [5, 5.41) is 4.26. The predicted octanol–water partition coefficient (Wildman–Crippen LogP) is 5.80. The number of anilines is 3. The number of carbonyl (C=O) groups excluding carboxylic acids is 1. The standard InChI is InChI=1S/C20H17Cl2N3O/c1-2-25(17-6-4-3-5-7-17)20(26)14-10-16(13-23-12-14)24-19-11-15(21)8-9-18(19)22/h3-13,24H,2H2,1H3. The Hall–Kier alpha value is -2.56. The lowest BCUT2D eigenvalue weighted by molar-refractivity contribution is 0.0988. The van der Waals surface area contributed by atoms with Crippen molar-refractivity contribution in [2.45, 2.75) is 6.92 Å². The Morgan fingerprint density at radius 1 is 1.08 bits per heavy atom. The summed E-state index contributed by atoms with van der Waals surface area (Å²) in [4.78, 5) is 18.8. The van der Waals surface area contributed by atoms with E-state index in [0.29, 0.717) is 33.5 Å². The lowest BCUT2D eigenvalue weighted by atomic mass is 10.2. The second-order valence-electron chi connectivity index (χ2n) is 5.60. The maximum atomic E-state index is 12.9. The molecular formula is C20H17Cl2N3O. The molecule has 4 nitrogen and oxygen atoms in total. The monoisotopic (exact) mass is 385 g/mol. The number of hydrogen-bond acceptors (Lipinski definition) is 3. The van der Waals surface area contributed by atoms with Gasteiger partial charge in [0.15, 0.2) is 0 Å². The quantitative estimate of drug-likeness (QED) is 0.603. The van der Waals surface area contributed by atoms with Crippen molar-refractivity contribution >= 4 is 46.2 Å². The lowest BCUT2D eigenvalue weighted by Gasteiger charge is -2.21. The summed E-state index contributed by atoms with van der Waals surface area (Å²) >= 11 is 12.2. The number of carbonyl (C=O) groups is 1. The Morgan fingerprint density at radius 2 is 1.85 bits per heavy atom. The molecule has 0 unspecified atom stereocenters. The van der Waals surface area contributed by atoms with Gasteiger partial charge in [0.1, 0.15) is 0 Å². The molecule has 0 aliphatic rings. The van der Waals surface area contributed by atoms with Crippen LogP contribution in [0.25, 0.3) is 0 Å². The van der Waals surface area contributed by atoms with Crippen LogP contribution in [0.15, 0.2) is 67.0 Å². The first-order valence-electron chi connectivity index (χ1n) is 8.12. The van der Waals surface area contributed by atoms with Gasteiger partial charge in [-0.05, 0) is 43.3 Å². The average Bonchev–Trinajstić information content (AvgIpc) is 2.66. The lowest BCUT2D eigenvalue weighted by Crippen LogP contribution is -2.30. The minimum Gasteiger partial charge on any atom is -0.353 e. The highest BCUT2D eigenvalue weighted by Gasteiger charge is 2.17. The number of halogens is 2. The van der Waals surface area contributed by atoms with Gasteiger partial charge in [-0.2, -0.15) is 0 Å². The van der Waals surface area contributed by atoms with E-state index >= 15 is 0 Å². The molecule has 26 heavy (non-hydrogen) atoms. The number of nitrogens with one attached hydrogen (secondary N) is 1. The SMILES string of the molecule is CCN(C(=O)c1cncc(Nc2cc(Cl)ccc2Cl)c1)c1ccccc1. The van der Waals surface area contributed by atoms with Crippen LogP contribution < -0.4 is 10.2 Å². The number of rotatable bonds is 5. The number of pyridine rings is 1. The molecule has 0 fully saturated rings. The summed E-state index contributed by atoms with van der Waals surface area (Å²) in [6, 6.07) is 16.4. The number of para-hydroxylation sites is 1. The van der Waals surface area contributed by atoms with Crippen LogP contribution in [0.3, 0.4) is 0 Å². The Morgan fingerprint density at radius 3 is 2.58 bits per heavy atom. The van der Waals surface area contributed by atoms with Crippen molar-refractivity contribution in [3.63, 3.8) is 0 Å². The van der Waals surface area contributed by atoms with Gasteiger partial charge < -0.3 is 10.2 Å². The van der Waals surface area contributed by atoms with E-state index in [1.807, 2.05) is 37.3 Å². The van der Waals surface area contributed by atoms with Gasteiger partial charge >= 0.3 is 0 Å². The summed E-state index contributed by atoms with van der Waals surface area (Å²) in [7, 11) is 0. The third kappa shape index (κ3) is 4.15. The number of benzene rings is 2. The van der Waals surface area contributed by atoms with Gasteiger partial charge in [-0.15, -0.1) is 0 Å². The third-order valence-corrected chi connectivity index (χ3v) is 4.39. The number of hydrogen-bond donors (Lipinski definition) is 1. The topological polar surface area (TPSA) is 45.2 Å². The summed E-state index contributed by atoms with van der Waals surface area (Å²) in [5.41, 5.74) is 2.64. The Bertz CT molecular complexity index is 916. The Kier molecular flexibility index (Phi) is 5.76. The van der Waals surface area contributed by atoms with Crippen LogP contribution in [0, 0.1) is 0 Å². The Labute approximate surface area is 162 Å². The summed E-state index contributed by atoms with van der Waals surface area (Å²) in [6.45, 7) is 2.49. The molecular weight excluding hydrogens is 369 g/mol. The van der Waals surface area contributed by atoms with Crippen molar-refractivity contribution in [1.82, 2.24) is 4.98 Å². The summed E-state index contributed by atoms with van der Waals surface area (Å²) in [5.74, 6) is -0.118. The fourth-order valence-electron chi connectivity index (χ4n) is 2.58. The molecule has 3 rings (SSSR count). The molecule has 0 aliphatic heterocycles. The zero-order valence-corrected chi connectivity index (χ0v) is 15.6. The van der Waals surface area contributed by atoms with E-state index in [2.05, 4.69) is 10.3 Å². The Balaban J connectivity index is 1.86. The number of amides is 1. The molecule has 1 aromatic heterocycles. The minimum atomic E-state index is -0.118. The van der Waals surface area contributed by atoms with Crippen molar-refractivity contribution in [1.29, 1.82) is 0 Å². The highest BCUT2D eigenvalue weighted by atomic mass is 35.5. The molecule has 0 spiro atoms. The molecule has 0 radical (unpaired) electrons. The number of aromatic nitrogens is 1. The third-order valence-electron chi connectivity index (χ3n) is 3.82. The molecule has 1 heterocycles. The van der Waals surface area contributed by atoms with Gasteiger partial charge in [0, 0.05) is 23.5 Å². The molecule has 0 saturated heterocycles. The van der Waals surface area contributed by atoms with Crippen LogP contribution >= 0.6 is 23.2 Å². The molecule has 0 atom stereocenters. The van der Waals surface area contributed by atoms with Crippen LogP contribution in [-0.2, 0) is 0 Å². The smallest absolute Gasteiger partial charge is 0.259 e. The van der Waals surface area contributed by atoms with Gasteiger partial charge in [0.25, 0.3) is 5.91 Å². The first-order valence-corrected chi connectivity index (χ1v) is 8.88. The predicted molar refractivity (Wildman–Crippen MR) is 108 cm³/mol. The zero-order chi connectivity index (χ0) is 18.5. The highest BCUT2D eigenvalue weighted by molar-refractivity contribution is 6.35. The fourth-order valence-corrected chi connectivity index (χ4v) is 2.92. The largest absolute Gasteiger partial charge is 0.353 e. The van der Waals surface area contributed by atoms with Gasteiger partial charge in [-0.25, -0.2) is 0 Å². The van der Waals surface area contributed by atoms with E-state index in [4.69, 9.17) is 23.2 Å². The average molecular weight is 386 g/mol. The minimum absolute atomic E-state index is 0.118. The molecule has 1 amide bonds. The summed E-state index contributed by atoms with van der Waals surface area (Å²) in [6.07, 6.45) is 3.19. The van der Waals surface area contributed by atoms with E-state index < -0.39 is 0 Å². The van der Waals surface area contributed by atoms with Crippen LogP contribution in [-0.4, -0.2) is 17.4 Å². The van der Waals surface area contributed by atoms with Gasteiger partial charge in [0.2, 0.25) is 0 Å². The number of nitrogens with zero attached hydrogens (tertiary/aromatic N) is 2. The first kappa shape index (κ1) is 18.2. The van der Waals surface area contributed by atoms with E-state index in [1.165, 1.54) is 0 Å². The van der Waals surface area contributed by atoms with Crippen LogP contribution in [0.2, 0.25) is 10.0 Å². The maximum Gasteiger partial charge on any atom is 0.259 e. The van der Waals surface area contributed by atoms with Crippen LogP contribution in [0.4, 0.5) is 17.1 Å². The van der Waals surface area contributed by atoms with Crippen molar-refractivity contribution in [3.05, 3.63) is 82.6 Å². The van der Waals surface area contributed by atoms with Crippen molar-refractivity contribution < 1.29 is 4.79 Å². The highest BCUT2D eigenvalue weighted by Crippen LogP contribution is 2.28. The summed E-state index contributed by atoms with van der Waals surface area (Å²) < 4.78 is 0. The second kappa shape index (κ2) is 8.21. The zero-order valence-electron chi connectivity index (χ0n) is 14.1. The molecule has 132 valence electrons. The van der Waals surface area contributed by atoms with E-state index in [9.17, 15) is 4.79 Å². The molecule has 0 saturated carbocycles. The van der Waals surface area contributed by atoms with Crippen LogP contribution in [0.1, 0.15) is 17.3 Å². The molecule has 2 aromatic carbocycles. The maximum absolute atomic E-state index is 12.9. The van der Waals surface area contributed by atoms with E-state index in [0.717, 1.165) is 5.69 Å². The van der Waals surface area contributed by atoms with Crippen molar-refractivity contribution in [2.24, 2.45) is 0 Å². The van der Waals surface area contributed by atoms with Gasteiger partial charge in [-0.1, -0.05) is 41.4 Å². The van der Waals surface area contributed by atoms with Crippen molar-refractivity contribution in [2.75, 3.05) is 16.8 Å². The normalized spacial score (nSPS) is 10.4. The van der Waals surface area contributed by atoms with Crippen LogP contribution in [0.5, 0.6) is 0 Å². The second-order valence-corrected chi connectivity index (χ2v) is 6.44. The van der Waals surface area contributed by atoms with E-state index in [1.54, 1.807) is 41.6 Å². The molecule has 3 aromatic rings. The molecule has 6 heteroatoms. The first-order chi connectivity index (χ1) is 12.6. The fraction of sp³-hybridized carbons (Fsp3) is 0.100. The van der Waals surface area contributed by atoms with Gasteiger partial charge in [-0.3, -0.25) is 9.78 Å². The molecule has 0 aliphatic carbocycles. The molecule has 1 N–H and O–H groups in total. The molecule has 0 bridgehead atoms. The van der Waals surface area contributed by atoms with E-state index in [-0.39, 0.29) is 5.91 Å². The van der Waals surface area contributed by atoms with Gasteiger partial charge in [0.05, 0.1) is 28.2 Å².